The van der Waals surface area contributed by atoms with Crippen molar-refractivity contribution in [1.82, 2.24) is 10.3 Å². The summed E-state index contributed by atoms with van der Waals surface area (Å²) in [5, 5.41) is 0. The van der Waals surface area contributed by atoms with Crippen molar-refractivity contribution in [3.8, 4) is 11.1 Å². The van der Waals surface area contributed by atoms with Gasteiger partial charge in [-0.3, -0.25) is 15.0 Å². The van der Waals surface area contributed by atoms with E-state index in [1.165, 1.54) is 25.1 Å². The summed E-state index contributed by atoms with van der Waals surface area (Å²) in [5.74, 6) is -2.41. The number of benzene rings is 3. The number of aryl methyl sites for hydroxylation is 1. The third kappa shape index (κ3) is 4.53. The Morgan fingerprint density at radius 2 is 1.57 bits per heavy atom. The summed E-state index contributed by atoms with van der Waals surface area (Å²) in [6, 6.07) is 16.8. The average Bonchev–Trinajstić information content (AvgIpc) is 2.74. The predicted octanol–water partition coefficient (Wildman–Crippen LogP) is 2.52. The second-order valence-electron chi connectivity index (χ2n) is 6.47. The fraction of sp³-hybridized carbons (Fsp3) is 0.0476. The SMILES string of the molecule is Cc1cc(-c2ccccc2)cc(C(=O)NNS(=O)(=O)c2ccc(C(N)=O)cc2)c1F. The number of nitrogens with one attached hydrogen (secondary N) is 2. The first-order chi connectivity index (χ1) is 14.2. The lowest BCUT2D eigenvalue weighted by Crippen LogP contribution is -2.41. The monoisotopic (exact) mass is 427 g/mol. The van der Waals surface area contributed by atoms with Crippen LogP contribution in [0.2, 0.25) is 0 Å². The number of amides is 2. The van der Waals surface area contributed by atoms with Crippen LogP contribution < -0.4 is 16.0 Å². The van der Waals surface area contributed by atoms with Crippen LogP contribution in [-0.2, 0) is 10.0 Å². The minimum atomic E-state index is -4.15. The number of halogens is 1. The molecule has 0 bridgehead atoms. The molecule has 0 aliphatic heterocycles. The quantitative estimate of drug-likeness (QED) is 0.524. The highest BCUT2D eigenvalue weighted by Gasteiger charge is 2.20. The Hall–Kier alpha value is -3.56. The zero-order chi connectivity index (χ0) is 21.9. The highest BCUT2D eigenvalue weighted by molar-refractivity contribution is 7.89. The molecule has 3 aromatic carbocycles. The van der Waals surface area contributed by atoms with Crippen molar-refractivity contribution in [2.75, 3.05) is 0 Å². The Morgan fingerprint density at radius 1 is 0.933 bits per heavy atom. The molecule has 3 rings (SSSR count). The zero-order valence-corrected chi connectivity index (χ0v) is 16.7. The van der Waals surface area contributed by atoms with Gasteiger partial charge in [0.1, 0.15) is 5.82 Å². The summed E-state index contributed by atoms with van der Waals surface area (Å²) in [7, 11) is -4.15. The highest BCUT2D eigenvalue weighted by Crippen LogP contribution is 2.24. The lowest BCUT2D eigenvalue weighted by Gasteiger charge is -2.12. The van der Waals surface area contributed by atoms with Gasteiger partial charge in [-0.1, -0.05) is 30.3 Å². The van der Waals surface area contributed by atoms with Gasteiger partial charge >= 0.3 is 0 Å². The van der Waals surface area contributed by atoms with Gasteiger partial charge in [-0.2, -0.15) is 0 Å². The normalized spacial score (nSPS) is 11.1. The van der Waals surface area contributed by atoms with Crippen molar-refractivity contribution in [3.63, 3.8) is 0 Å². The molecule has 0 aromatic heterocycles. The number of hydrazine groups is 1. The van der Waals surface area contributed by atoms with E-state index < -0.39 is 27.7 Å². The summed E-state index contributed by atoms with van der Waals surface area (Å²) in [6.07, 6.45) is 0. The summed E-state index contributed by atoms with van der Waals surface area (Å²) in [5.41, 5.74) is 8.60. The Labute approximate surface area is 172 Å². The van der Waals surface area contributed by atoms with Crippen LogP contribution in [0.1, 0.15) is 26.3 Å². The van der Waals surface area contributed by atoms with Crippen LogP contribution in [0.4, 0.5) is 4.39 Å². The first-order valence-corrected chi connectivity index (χ1v) is 10.2. The van der Waals surface area contributed by atoms with Crippen LogP contribution in [-0.4, -0.2) is 20.2 Å². The zero-order valence-electron chi connectivity index (χ0n) is 15.8. The molecule has 0 fully saturated rings. The maximum atomic E-state index is 14.5. The van der Waals surface area contributed by atoms with E-state index in [2.05, 4.69) is 0 Å². The maximum absolute atomic E-state index is 14.5. The molecule has 2 amide bonds. The van der Waals surface area contributed by atoms with Gasteiger partial charge in [0.05, 0.1) is 10.5 Å². The van der Waals surface area contributed by atoms with Gasteiger partial charge in [0, 0.05) is 5.56 Å². The van der Waals surface area contributed by atoms with E-state index in [9.17, 15) is 22.4 Å². The molecule has 4 N–H and O–H groups in total. The molecule has 0 atom stereocenters. The summed E-state index contributed by atoms with van der Waals surface area (Å²) >= 11 is 0. The fourth-order valence-corrected chi connectivity index (χ4v) is 3.61. The lowest BCUT2D eigenvalue weighted by atomic mass is 9.99. The number of nitrogens with two attached hydrogens (primary N) is 1. The summed E-state index contributed by atoms with van der Waals surface area (Å²) < 4.78 is 39.2. The average molecular weight is 427 g/mol. The molecule has 0 unspecified atom stereocenters. The van der Waals surface area contributed by atoms with E-state index in [0.29, 0.717) is 5.56 Å². The standard InChI is InChI=1S/C21H18FN3O4S/c1-13-11-16(14-5-3-2-4-6-14)12-18(19(13)22)21(27)24-25-30(28,29)17-9-7-15(8-10-17)20(23)26/h2-12,25H,1H3,(H2,23,26)(H,24,27). The van der Waals surface area contributed by atoms with Gasteiger partial charge in [0.15, 0.2) is 0 Å². The molecular formula is C21H18FN3O4S. The number of sulfonamides is 1. The molecule has 0 aliphatic carbocycles. The number of hydrogen-bond acceptors (Lipinski definition) is 4. The molecule has 0 spiro atoms. The van der Waals surface area contributed by atoms with E-state index in [4.69, 9.17) is 5.73 Å². The van der Waals surface area contributed by atoms with Crippen molar-refractivity contribution in [2.24, 2.45) is 5.73 Å². The fourth-order valence-electron chi connectivity index (χ4n) is 2.77. The summed E-state index contributed by atoms with van der Waals surface area (Å²) in [6.45, 7) is 1.52. The van der Waals surface area contributed by atoms with E-state index in [1.54, 1.807) is 6.07 Å². The molecule has 0 radical (unpaired) electrons. The van der Waals surface area contributed by atoms with E-state index in [-0.39, 0.29) is 21.6 Å². The van der Waals surface area contributed by atoms with Crippen molar-refractivity contribution in [1.29, 1.82) is 0 Å². The Kier molecular flexibility index (Phi) is 5.95. The number of carbonyl (C=O) groups excluding carboxylic acids is 2. The van der Waals surface area contributed by atoms with Crippen molar-refractivity contribution in [3.05, 3.63) is 89.2 Å². The smallest absolute Gasteiger partial charge is 0.269 e. The molecule has 0 saturated heterocycles. The molecule has 0 heterocycles. The van der Waals surface area contributed by atoms with Crippen LogP contribution in [0.5, 0.6) is 0 Å². The molecule has 154 valence electrons. The van der Waals surface area contributed by atoms with Crippen LogP contribution >= 0.6 is 0 Å². The minimum absolute atomic E-state index is 0.133. The first kappa shape index (κ1) is 21.2. The number of carbonyl (C=O) groups is 2. The Morgan fingerprint density at radius 3 is 2.17 bits per heavy atom. The van der Waals surface area contributed by atoms with Gasteiger partial charge in [0.25, 0.3) is 15.9 Å². The van der Waals surface area contributed by atoms with E-state index >= 15 is 0 Å². The summed E-state index contributed by atoms with van der Waals surface area (Å²) in [4.78, 5) is 25.3. The van der Waals surface area contributed by atoms with Crippen molar-refractivity contribution in [2.45, 2.75) is 11.8 Å². The van der Waals surface area contributed by atoms with Crippen molar-refractivity contribution >= 4 is 21.8 Å². The minimum Gasteiger partial charge on any atom is -0.366 e. The molecular weight excluding hydrogens is 409 g/mol. The van der Waals surface area contributed by atoms with Gasteiger partial charge in [-0.05, 0) is 60.0 Å². The second-order valence-corrected chi connectivity index (χ2v) is 8.15. The van der Waals surface area contributed by atoms with Gasteiger partial charge in [0.2, 0.25) is 5.91 Å². The highest BCUT2D eigenvalue weighted by atomic mass is 32.2. The second kappa shape index (κ2) is 8.44. The number of hydrogen-bond donors (Lipinski definition) is 3. The largest absolute Gasteiger partial charge is 0.366 e. The Balaban J connectivity index is 1.82. The third-order valence-electron chi connectivity index (χ3n) is 4.35. The van der Waals surface area contributed by atoms with Crippen molar-refractivity contribution < 1.29 is 22.4 Å². The van der Waals surface area contributed by atoms with Crippen LogP contribution in [0.15, 0.2) is 71.6 Å². The molecule has 3 aromatic rings. The van der Waals surface area contributed by atoms with Crippen LogP contribution in [0.25, 0.3) is 11.1 Å². The van der Waals surface area contributed by atoms with E-state index in [1.807, 2.05) is 40.6 Å². The van der Waals surface area contributed by atoms with Crippen LogP contribution in [0.3, 0.4) is 0 Å². The lowest BCUT2D eigenvalue weighted by molar-refractivity contribution is 0.0940. The number of rotatable bonds is 6. The molecule has 7 nitrogen and oxygen atoms in total. The topological polar surface area (TPSA) is 118 Å². The molecule has 0 saturated carbocycles. The molecule has 9 heteroatoms. The van der Waals surface area contributed by atoms with Crippen LogP contribution in [0, 0.1) is 12.7 Å². The maximum Gasteiger partial charge on any atom is 0.269 e. The predicted molar refractivity (Wildman–Crippen MR) is 109 cm³/mol. The molecule has 30 heavy (non-hydrogen) atoms. The van der Waals surface area contributed by atoms with E-state index in [0.717, 1.165) is 17.7 Å². The molecule has 0 aliphatic rings. The third-order valence-corrected chi connectivity index (χ3v) is 5.62. The van der Waals surface area contributed by atoms with Gasteiger partial charge in [-0.25, -0.2) is 12.8 Å². The first-order valence-electron chi connectivity index (χ1n) is 8.76. The van der Waals surface area contributed by atoms with Gasteiger partial charge < -0.3 is 5.73 Å². The Bertz CT molecular complexity index is 1210. The number of primary amides is 1. The van der Waals surface area contributed by atoms with Gasteiger partial charge in [-0.15, -0.1) is 4.83 Å².